The molecule has 3 aliphatic rings. The Morgan fingerprint density at radius 1 is 1.12 bits per heavy atom. The number of amides is 3. The molecule has 0 spiro atoms. The highest BCUT2D eigenvalue weighted by atomic mass is 16.2. The fourth-order valence-corrected chi connectivity index (χ4v) is 5.09. The summed E-state index contributed by atoms with van der Waals surface area (Å²) in [5.41, 5.74) is 5.56. The van der Waals surface area contributed by atoms with Gasteiger partial charge < -0.3 is 9.47 Å². The SMILES string of the molecule is Cn1ccc2c(CN3CCC3)cc(-c3ccc4c(c3)CN(C3CCC(=O)NC3=O)C4=O)nc21. The van der Waals surface area contributed by atoms with Gasteiger partial charge in [0.2, 0.25) is 11.8 Å². The van der Waals surface area contributed by atoms with Crippen molar-refractivity contribution < 1.29 is 14.4 Å². The maximum Gasteiger partial charge on any atom is 0.255 e. The van der Waals surface area contributed by atoms with Crippen LogP contribution in [-0.4, -0.2) is 56.2 Å². The van der Waals surface area contributed by atoms with Gasteiger partial charge in [-0.3, -0.25) is 24.6 Å². The molecule has 8 nitrogen and oxygen atoms in total. The molecule has 3 amide bonds. The molecule has 6 rings (SSSR count). The third-order valence-corrected chi connectivity index (χ3v) is 7.08. The molecule has 3 aromatic rings. The summed E-state index contributed by atoms with van der Waals surface area (Å²) >= 11 is 0. The number of hydrogen-bond acceptors (Lipinski definition) is 5. The van der Waals surface area contributed by atoms with Gasteiger partial charge in [-0.25, -0.2) is 4.98 Å². The largest absolute Gasteiger partial charge is 0.336 e. The molecule has 33 heavy (non-hydrogen) atoms. The molecule has 2 fully saturated rings. The van der Waals surface area contributed by atoms with Crippen molar-refractivity contribution in [2.75, 3.05) is 13.1 Å². The second kappa shape index (κ2) is 7.52. The fourth-order valence-electron chi connectivity index (χ4n) is 5.09. The number of imide groups is 1. The minimum atomic E-state index is -0.605. The van der Waals surface area contributed by atoms with Crippen LogP contribution >= 0.6 is 0 Å². The second-order valence-corrected chi connectivity index (χ2v) is 9.23. The number of carbonyl (C=O) groups is 3. The van der Waals surface area contributed by atoms with Crippen molar-refractivity contribution in [1.82, 2.24) is 24.7 Å². The van der Waals surface area contributed by atoms with E-state index >= 15 is 0 Å². The number of aromatic nitrogens is 2. The summed E-state index contributed by atoms with van der Waals surface area (Å²) in [5, 5.41) is 3.53. The van der Waals surface area contributed by atoms with Crippen LogP contribution in [0.4, 0.5) is 0 Å². The van der Waals surface area contributed by atoms with Gasteiger partial charge in [0.15, 0.2) is 0 Å². The molecule has 5 heterocycles. The number of benzene rings is 1. The first-order valence-electron chi connectivity index (χ1n) is 11.4. The third-order valence-electron chi connectivity index (χ3n) is 7.08. The molecule has 1 aromatic carbocycles. The summed E-state index contributed by atoms with van der Waals surface area (Å²) in [5.74, 6) is -0.826. The topological polar surface area (TPSA) is 87.5 Å². The Kier molecular flexibility index (Phi) is 4.58. The lowest BCUT2D eigenvalue weighted by Gasteiger charge is -2.31. The van der Waals surface area contributed by atoms with Gasteiger partial charge in [0.05, 0.1) is 5.69 Å². The zero-order valence-electron chi connectivity index (χ0n) is 18.5. The maximum atomic E-state index is 13.0. The van der Waals surface area contributed by atoms with Gasteiger partial charge in [0.25, 0.3) is 5.91 Å². The fraction of sp³-hybridized carbons (Fsp3) is 0.360. The van der Waals surface area contributed by atoms with Crippen LogP contribution in [0.25, 0.3) is 22.3 Å². The van der Waals surface area contributed by atoms with Crippen LogP contribution in [0.5, 0.6) is 0 Å². The van der Waals surface area contributed by atoms with Gasteiger partial charge in [-0.2, -0.15) is 0 Å². The molecule has 168 valence electrons. The zero-order chi connectivity index (χ0) is 22.7. The van der Waals surface area contributed by atoms with E-state index in [1.807, 2.05) is 36.0 Å². The first-order chi connectivity index (χ1) is 16.0. The minimum Gasteiger partial charge on any atom is -0.336 e. The van der Waals surface area contributed by atoms with Crippen LogP contribution in [0, 0.1) is 0 Å². The average molecular weight is 444 g/mol. The van der Waals surface area contributed by atoms with Crippen LogP contribution in [-0.2, 0) is 29.7 Å². The van der Waals surface area contributed by atoms with Gasteiger partial charge in [0, 0.05) is 49.3 Å². The number of nitrogens with one attached hydrogen (secondary N) is 1. The molecule has 1 N–H and O–H groups in total. The summed E-state index contributed by atoms with van der Waals surface area (Å²) in [7, 11) is 2.01. The summed E-state index contributed by atoms with van der Waals surface area (Å²) in [6.07, 6.45) is 3.91. The number of aryl methyl sites for hydroxylation is 1. The molecule has 1 unspecified atom stereocenters. The smallest absolute Gasteiger partial charge is 0.255 e. The lowest BCUT2D eigenvalue weighted by Crippen LogP contribution is -2.52. The first-order valence-corrected chi connectivity index (χ1v) is 11.4. The standard InChI is InChI=1S/C25H25N5O3/c1-28-10-7-18-17(13-29-8-2-9-29)12-20(26-23(18)28)15-3-4-19-16(11-15)14-30(25(19)33)21-5-6-22(31)27-24(21)32/h3-4,7,10-12,21H,2,5-6,8-9,13-14H2,1H3,(H,27,31,32). The van der Waals surface area contributed by atoms with E-state index in [4.69, 9.17) is 4.98 Å². The molecule has 8 heteroatoms. The number of carbonyl (C=O) groups excluding carboxylic acids is 3. The summed E-state index contributed by atoms with van der Waals surface area (Å²) < 4.78 is 2.04. The molecular weight excluding hydrogens is 418 g/mol. The first kappa shape index (κ1) is 20.1. The van der Waals surface area contributed by atoms with E-state index < -0.39 is 6.04 Å². The number of hydrogen-bond donors (Lipinski definition) is 1. The predicted octanol–water partition coefficient (Wildman–Crippen LogP) is 2.21. The predicted molar refractivity (Wildman–Crippen MR) is 122 cm³/mol. The van der Waals surface area contributed by atoms with Crippen molar-refractivity contribution >= 4 is 28.8 Å². The van der Waals surface area contributed by atoms with Crippen molar-refractivity contribution in [3.05, 3.63) is 53.2 Å². The van der Waals surface area contributed by atoms with Crippen molar-refractivity contribution in [1.29, 1.82) is 0 Å². The summed E-state index contributed by atoms with van der Waals surface area (Å²) in [4.78, 5) is 45.8. The van der Waals surface area contributed by atoms with Crippen LogP contribution in [0.1, 0.15) is 40.7 Å². The normalized spacial score (nSPS) is 20.8. The Hall–Kier alpha value is -3.52. The molecule has 2 saturated heterocycles. The highest BCUT2D eigenvalue weighted by Crippen LogP contribution is 2.32. The Morgan fingerprint density at radius 3 is 2.73 bits per heavy atom. The third kappa shape index (κ3) is 3.33. The number of nitrogens with zero attached hydrogens (tertiary/aromatic N) is 4. The van der Waals surface area contributed by atoms with Gasteiger partial charge >= 0.3 is 0 Å². The Bertz CT molecular complexity index is 1320. The van der Waals surface area contributed by atoms with Gasteiger partial charge in [0.1, 0.15) is 11.7 Å². The van der Waals surface area contributed by atoms with Gasteiger partial charge in [-0.1, -0.05) is 6.07 Å². The summed E-state index contributed by atoms with van der Waals surface area (Å²) in [6.45, 7) is 3.52. The number of pyridine rings is 1. The van der Waals surface area contributed by atoms with Crippen LogP contribution in [0.15, 0.2) is 36.5 Å². The highest BCUT2D eigenvalue weighted by Gasteiger charge is 2.39. The monoisotopic (exact) mass is 443 g/mol. The maximum absolute atomic E-state index is 13.0. The van der Waals surface area contributed by atoms with Crippen molar-refractivity contribution in [3.8, 4) is 11.3 Å². The van der Waals surface area contributed by atoms with Gasteiger partial charge in [-0.15, -0.1) is 0 Å². The summed E-state index contributed by atoms with van der Waals surface area (Å²) in [6, 6.07) is 9.48. The Labute approximate surface area is 191 Å². The van der Waals surface area contributed by atoms with Crippen molar-refractivity contribution in [3.63, 3.8) is 0 Å². The average Bonchev–Trinajstić information content (AvgIpc) is 3.30. The van der Waals surface area contributed by atoms with E-state index in [-0.39, 0.29) is 24.1 Å². The number of likely N-dealkylation sites (tertiary alicyclic amines) is 1. The molecule has 0 radical (unpaired) electrons. The number of piperidine rings is 1. The lowest BCUT2D eigenvalue weighted by atomic mass is 10.0. The second-order valence-electron chi connectivity index (χ2n) is 9.23. The lowest BCUT2D eigenvalue weighted by molar-refractivity contribution is -0.136. The van der Waals surface area contributed by atoms with Crippen LogP contribution < -0.4 is 5.32 Å². The molecule has 0 bridgehead atoms. The van der Waals surface area contributed by atoms with Gasteiger partial charge in [-0.05, 0) is 61.3 Å². The van der Waals surface area contributed by atoms with E-state index in [0.29, 0.717) is 18.5 Å². The van der Waals surface area contributed by atoms with E-state index in [2.05, 4.69) is 22.3 Å². The molecule has 0 aliphatic carbocycles. The van der Waals surface area contributed by atoms with E-state index in [1.165, 1.54) is 17.4 Å². The zero-order valence-corrected chi connectivity index (χ0v) is 18.5. The van der Waals surface area contributed by atoms with E-state index in [1.54, 1.807) is 4.90 Å². The van der Waals surface area contributed by atoms with Crippen molar-refractivity contribution in [2.45, 2.75) is 38.4 Å². The van der Waals surface area contributed by atoms with Crippen LogP contribution in [0.3, 0.4) is 0 Å². The van der Waals surface area contributed by atoms with Crippen LogP contribution in [0.2, 0.25) is 0 Å². The van der Waals surface area contributed by atoms with E-state index in [9.17, 15) is 14.4 Å². The molecule has 2 aromatic heterocycles. The Morgan fingerprint density at radius 2 is 1.97 bits per heavy atom. The minimum absolute atomic E-state index is 0.157. The molecule has 3 aliphatic heterocycles. The molecule has 1 atom stereocenters. The molecular formula is C25H25N5O3. The van der Waals surface area contributed by atoms with E-state index in [0.717, 1.165) is 42.1 Å². The van der Waals surface area contributed by atoms with Crippen molar-refractivity contribution in [2.24, 2.45) is 7.05 Å². The Balaban J connectivity index is 1.34. The number of rotatable bonds is 4. The highest BCUT2D eigenvalue weighted by molar-refractivity contribution is 6.05. The number of fused-ring (bicyclic) bond motifs is 2. The quantitative estimate of drug-likeness (QED) is 0.625. The molecule has 0 saturated carbocycles.